The van der Waals surface area contributed by atoms with Gasteiger partial charge in [-0.15, -0.1) is 10.2 Å². The minimum Gasteiger partial charge on any atom is -0.480 e. The second kappa shape index (κ2) is 5.79. The van der Waals surface area contributed by atoms with Crippen molar-refractivity contribution in [3.63, 3.8) is 0 Å². The van der Waals surface area contributed by atoms with Crippen LogP contribution in [0.25, 0.3) is 11.5 Å². The number of hydrogen-bond donors (Lipinski definition) is 0. The molecule has 21 heavy (non-hydrogen) atoms. The molecule has 0 N–H and O–H groups in total. The van der Waals surface area contributed by atoms with Crippen LogP contribution in [0.3, 0.4) is 0 Å². The summed E-state index contributed by atoms with van der Waals surface area (Å²) in [4.78, 5) is 4.13. The number of ether oxygens (including phenoxy) is 3. The van der Waals surface area contributed by atoms with E-state index in [1.54, 1.807) is 19.4 Å². The summed E-state index contributed by atoms with van der Waals surface area (Å²) in [6.07, 6.45) is 2.35. The van der Waals surface area contributed by atoms with Crippen molar-refractivity contribution in [3.8, 4) is 17.3 Å². The summed E-state index contributed by atoms with van der Waals surface area (Å²) in [5.74, 6) is 1.24. The third-order valence-electron chi connectivity index (χ3n) is 3.42. The van der Waals surface area contributed by atoms with Crippen LogP contribution in [-0.2, 0) is 15.1 Å². The van der Waals surface area contributed by atoms with Gasteiger partial charge in [0.15, 0.2) is 5.60 Å². The summed E-state index contributed by atoms with van der Waals surface area (Å²) in [6.45, 7) is 3.53. The van der Waals surface area contributed by atoms with Gasteiger partial charge in [0.05, 0.1) is 20.3 Å². The maximum absolute atomic E-state index is 5.81. The van der Waals surface area contributed by atoms with E-state index in [1.807, 2.05) is 13.0 Å². The number of hydrogen-bond acceptors (Lipinski definition) is 7. The first-order chi connectivity index (χ1) is 10.3. The molecule has 2 aromatic rings. The van der Waals surface area contributed by atoms with Crippen molar-refractivity contribution in [1.82, 2.24) is 15.2 Å². The number of pyridine rings is 1. The van der Waals surface area contributed by atoms with E-state index in [9.17, 15) is 0 Å². The molecule has 2 aromatic heterocycles. The van der Waals surface area contributed by atoms with E-state index >= 15 is 0 Å². The van der Waals surface area contributed by atoms with Gasteiger partial charge < -0.3 is 18.6 Å². The molecule has 0 spiro atoms. The highest BCUT2D eigenvalue weighted by Crippen LogP contribution is 2.36. The van der Waals surface area contributed by atoms with Crippen molar-refractivity contribution >= 4 is 0 Å². The fourth-order valence-electron chi connectivity index (χ4n) is 2.40. The highest BCUT2D eigenvalue weighted by Gasteiger charge is 2.43. The summed E-state index contributed by atoms with van der Waals surface area (Å²) < 4.78 is 22.3. The van der Waals surface area contributed by atoms with E-state index in [-0.39, 0.29) is 0 Å². The van der Waals surface area contributed by atoms with Gasteiger partial charge in [0.1, 0.15) is 5.56 Å². The Morgan fingerprint density at radius 1 is 1.38 bits per heavy atom. The Morgan fingerprint density at radius 3 is 3.00 bits per heavy atom. The van der Waals surface area contributed by atoms with Crippen molar-refractivity contribution < 1.29 is 18.6 Å². The van der Waals surface area contributed by atoms with E-state index < -0.39 is 5.60 Å². The second-order valence-electron chi connectivity index (χ2n) is 4.70. The summed E-state index contributed by atoms with van der Waals surface area (Å²) in [6, 6.07) is 3.61. The zero-order valence-electron chi connectivity index (χ0n) is 12.0. The zero-order valence-corrected chi connectivity index (χ0v) is 12.0. The van der Waals surface area contributed by atoms with Crippen molar-refractivity contribution in [2.75, 3.05) is 26.9 Å². The largest absolute Gasteiger partial charge is 0.480 e. The van der Waals surface area contributed by atoms with E-state index in [4.69, 9.17) is 18.6 Å². The van der Waals surface area contributed by atoms with E-state index in [0.717, 1.165) is 0 Å². The Labute approximate surface area is 122 Å². The fourth-order valence-corrected chi connectivity index (χ4v) is 2.40. The first kappa shape index (κ1) is 14.0. The third-order valence-corrected chi connectivity index (χ3v) is 3.42. The molecule has 7 heteroatoms. The summed E-state index contributed by atoms with van der Waals surface area (Å²) in [5.41, 5.74) is 0.0134. The predicted molar refractivity (Wildman–Crippen MR) is 72.8 cm³/mol. The van der Waals surface area contributed by atoms with Gasteiger partial charge in [-0.2, -0.15) is 0 Å². The molecule has 0 bridgehead atoms. The predicted octanol–water partition coefficient (Wildman–Crippen LogP) is 1.79. The minimum atomic E-state index is -0.643. The van der Waals surface area contributed by atoms with Gasteiger partial charge in [0.25, 0.3) is 11.8 Å². The average Bonchev–Trinajstić information content (AvgIpc) is 3.17. The lowest BCUT2D eigenvalue weighted by Crippen LogP contribution is -2.30. The van der Waals surface area contributed by atoms with Crippen molar-refractivity contribution in [2.24, 2.45) is 0 Å². The van der Waals surface area contributed by atoms with Crippen LogP contribution in [0.5, 0.6) is 5.88 Å². The molecule has 1 saturated heterocycles. The number of methoxy groups -OCH3 is 1. The van der Waals surface area contributed by atoms with Gasteiger partial charge in [-0.1, -0.05) is 0 Å². The van der Waals surface area contributed by atoms with Gasteiger partial charge in [-0.3, -0.25) is 0 Å². The Balaban J connectivity index is 1.96. The van der Waals surface area contributed by atoms with Gasteiger partial charge in [0.2, 0.25) is 5.88 Å². The monoisotopic (exact) mass is 291 g/mol. The number of aromatic nitrogens is 3. The first-order valence-corrected chi connectivity index (χ1v) is 6.84. The lowest BCUT2D eigenvalue weighted by atomic mass is 10.0. The van der Waals surface area contributed by atoms with Crippen LogP contribution in [0.4, 0.5) is 0 Å². The van der Waals surface area contributed by atoms with Crippen molar-refractivity contribution in [1.29, 1.82) is 0 Å². The molecule has 0 radical (unpaired) electrons. The molecule has 3 rings (SSSR count). The van der Waals surface area contributed by atoms with Crippen molar-refractivity contribution in [2.45, 2.75) is 18.9 Å². The van der Waals surface area contributed by atoms with Crippen LogP contribution >= 0.6 is 0 Å². The molecule has 7 nitrogen and oxygen atoms in total. The molecule has 0 aromatic carbocycles. The molecular formula is C14H17N3O4. The van der Waals surface area contributed by atoms with E-state index in [2.05, 4.69) is 15.2 Å². The highest BCUT2D eigenvalue weighted by molar-refractivity contribution is 5.59. The molecule has 1 aliphatic heterocycles. The number of rotatable bonds is 5. The molecule has 1 unspecified atom stereocenters. The minimum absolute atomic E-state index is 0.362. The standard InChI is InChI=1S/C14H17N3O4/c1-3-20-14(6-8-19-9-14)13-17-16-12(21-13)10-5-4-7-15-11(10)18-2/h4-5,7H,3,6,8-9H2,1-2H3. The topological polar surface area (TPSA) is 79.5 Å². The lowest BCUT2D eigenvalue weighted by Gasteiger charge is -2.22. The molecule has 1 fully saturated rings. The van der Waals surface area contributed by atoms with Gasteiger partial charge in [-0.05, 0) is 19.1 Å². The Kier molecular flexibility index (Phi) is 3.85. The molecule has 0 saturated carbocycles. The van der Waals surface area contributed by atoms with Crippen molar-refractivity contribution in [3.05, 3.63) is 24.2 Å². The Morgan fingerprint density at radius 2 is 2.29 bits per heavy atom. The van der Waals surface area contributed by atoms with Crippen LogP contribution in [0.1, 0.15) is 19.2 Å². The Bertz CT molecular complexity index is 608. The molecule has 1 aliphatic rings. The van der Waals surface area contributed by atoms with Crippen LogP contribution in [0, 0.1) is 0 Å². The fraction of sp³-hybridized carbons (Fsp3) is 0.500. The van der Waals surface area contributed by atoms with Gasteiger partial charge in [0, 0.05) is 19.2 Å². The van der Waals surface area contributed by atoms with E-state index in [0.29, 0.717) is 49.5 Å². The van der Waals surface area contributed by atoms with E-state index in [1.165, 1.54) is 0 Å². The average molecular weight is 291 g/mol. The van der Waals surface area contributed by atoms with Gasteiger partial charge in [-0.25, -0.2) is 4.98 Å². The van der Waals surface area contributed by atoms with Crippen LogP contribution in [-0.4, -0.2) is 42.1 Å². The van der Waals surface area contributed by atoms with Gasteiger partial charge >= 0.3 is 0 Å². The maximum Gasteiger partial charge on any atom is 0.253 e. The highest BCUT2D eigenvalue weighted by atomic mass is 16.6. The number of nitrogens with zero attached hydrogens (tertiary/aromatic N) is 3. The lowest BCUT2D eigenvalue weighted by molar-refractivity contribution is -0.0657. The SMILES string of the molecule is CCOC1(c2nnc(-c3cccnc3OC)o2)CCOC1. The third kappa shape index (κ3) is 2.50. The molecule has 0 amide bonds. The molecule has 1 atom stereocenters. The normalized spacial score (nSPS) is 21.6. The van der Waals surface area contributed by atoms with Crippen LogP contribution in [0.2, 0.25) is 0 Å². The van der Waals surface area contributed by atoms with Crippen LogP contribution in [0.15, 0.2) is 22.7 Å². The summed E-state index contributed by atoms with van der Waals surface area (Å²) in [5, 5.41) is 8.23. The maximum atomic E-state index is 5.81. The first-order valence-electron chi connectivity index (χ1n) is 6.84. The molecule has 0 aliphatic carbocycles. The molecule has 112 valence electrons. The second-order valence-corrected chi connectivity index (χ2v) is 4.70. The zero-order chi connectivity index (χ0) is 14.7. The van der Waals surface area contributed by atoms with Crippen LogP contribution < -0.4 is 4.74 Å². The molecule has 3 heterocycles. The molecular weight excluding hydrogens is 274 g/mol. The Hall–Kier alpha value is -1.99. The smallest absolute Gasteiger partial charge is 0.253 e. The quantitative estimate of drug-likeness (QED) is 0.830. The summed E-state index contributed by atoms with van der Waals surface area (Å²) >= 11 is 0. The summed E-state index contributed by atoms with van der Waals surface area (Å²) in [7, 11) is 1.55.